The van der Waals surface area contributed by atoms with Crippen LogP contribution in [0, 0.1) is 19.8 Å². The van der Waals surface area contributed by atoms with Crippen LogP contribution >= 0.6 is 11.3 Å². The molecule has 1 aliphatic carbocycles. The molecule has 3 aromatic rings. The van der Waals surface area contributed by atoms with Gasteiger partial charge in [0.15, 0.2) is 10.8 Å². The molecule has 0 unspecified atom stereocenters. The lowest BCUT2D eigenvalue weighted by Gasteiger charge is -2.32. The molecule has 2 aromatic heterocycles. The van der Waals surface area contributed by atoms with Gasteiger partial charge in [-0.15, -0.1) is 0 Å². The van der Waals surface area contributed by atoms with E-state index in [-0.39, 0.29) is 5.91 Å². The van der Waals surface area contributed by atoms with Crippen molar-refractivity contribution >= 4 is 32.7 Å². The van der Waals surface area contributed by atoms with Crippen molar-refractivity contribution in [1.29, 1.82) is 0 Å². The van der Waals surface area contributed by atoms with Crippen LogP contribution in [0.2, 0.25) is 0 Å². The molecule has 2 aliphatic rings. The number of thiazole rings is 1. The number of nitrogens with one attached hydrogen (secondary N) is 1. The van der Waals surface area contributed by atoms with Crippen molar-refractivity contribution in [2.24, 2.45) is 5.92 Å². The quantitative estimate of drug-likeness (QED) is 0.625. The molecule has 0 radical (unpaired) electrons. The van der Waals surface area contributed by atoms with E-state index in [1.165, 1.54) is 31.2 Å². The monoisotopic (exact) mass is 437 g/mol. The van der Waals surface area contributed by atoms with Crippen LogP contribution in [0.1, 0.15) is 56.2 Å². The van der Waals surface area contributed by atoms with Crippen LogP contribution in [0.15, 0.2) is 24.3 Å². The molecule has 1 saturated carbocycles. The number of aryl methyl sites for hydroxylation is 2. The van der Waals surface area contributed by atoms with Gasteiger partial charge in [0, 0.05) is 25.6 Å². The topological polar surface area (TPSA) is 63.1 Å². The number of anilines is 1. The molecule has 1 N–H and O–H groups in total. The first-order chi connectivity index (χ1) is 15.1. The predicted octanol–water partition coefficient (Wildman–Crippen LogP) is 4.76. The van der Waals surface area contributed by atoms with Crippen molar-refractivity contribution in [3.05, 3.63) is 35.5 Å². The maximum absolute atomic E-state index is 12.4. The van der Waals surface area contributed by atoms with E-state index in [4.69, 9.17) is 10.1 Å². The summed E-state index contributed by atoms with van der Waals surface area (Å²) in [6.07, 6.45) is 7.71. The minimum absolute atomic E-state index is 0.249. The summed E-state index contributed by atoms with van der Waals surface area (Å²) in [6.45, 7) is 6.02. The predicted molar refractivity (Wildman–Crippen MR) is 126 cm³/mol. The Morgan fingerprint density at radius 3 is 2.68 bits per heavy atom. The molecule has 1 aromatic carbocycles. The third-order valence-electron chi connectivity index (χ3n) is 6.70. The molecule has 164 valence electrons. The summed E-state index contributed by atoms with van der Waals surface area (Å²) in [6, 6.07) is 8.68. The van der Waals surface area contributed by atoms with Crippen LogP contribution in [-0.2, 0) is 4.79 Å². The normalized spacial score (nSPS) is 18.2. The third-order valence-corrected chi connectivity index (χ3v) is 7.92. The highest BCUT2D eigenvalue weighted by Crippen LogP contribution is 2.34. The zero-order valence-corrected chi connectivity index (χ0v) is 19.2. The number of hydrogen-bond donors (Lipinski definition) is 1. The molecule has 31 heavy (non-hydrogen) atoms. The fourth-order valence-corrected chi connectivity index (χ4v) is 6.01. The number of benzene rings is 1. The highest BCUT2D eigenvalue weighted by molar-refractivity contribution is 7.22. The summed E-state index contributed by atoms with van der Waals surface area (Å²) in [5, 5.41) is 9.08. The van der Waals surface area contributed by atoms with E-state index in [2.05, 4.69) is 48.3 Å². The van der Waals surface area contributed by atoms with Crippen LogP contribution in [0.5, 0.6) is 0 Å². The van der Waals surface area contributed by atoms with Gasteiger partial charge in [-0.05, 0) is 63.1 Å². The lowest BCUT2D eigenvalue weighted by molar-refractivity contribution is -0.122. The number of carbonyl (C=O) groups is 1. The number of amides is 1. The fourth-order valence-electron chi connectivity index (χ4n) is 4.98. The van der Waals surface area contributed by atoms with Gasteiger partial charge in [0.25, 0.3) is 0 Å². The maximum Gasteiger partial charge on any atom is 0.220 e. The summed E-state index contributed by atoms with van der Waals surface area (Å²) in [5.74, 6) is 0.859. The van der Waals surface area contributed by atoms with Gasteiger partial charge in [-0.1, -0.05) is 36.3 Å². The van der Waals surface area contributed by atoms with E-state index in [0.717, 1.165) is 52.8 Å². The second-order valence-corrected chi connectivity index (χ2v) is 10.1. The van der Waals surface area contributed by atoms with Gasteiger partial charge in [0.05, 0.1) is 16.1 Å². The lowest BCUT2D eigenvalue weighted by atomic mass is 10.0. The van der Waals surface area contributed by atoms with Crippen molar-refractivity contribution < 1.29 is 4.79 Å². The van der Waals surface area contributed by atoms with E-state index in [0.29, 0.717) is 18.4 Å². The Balaban J connectivity index is 1.25. The van der Waals surface area contributed by atoms with E-state index in [1.54, 1.807) is 11.3 Å². The average Bonchev–Trinajstić information content (AvgIpc) is 3.47. The Morgan fingerprint density at radius 2 is 1.94 bits per heavy atom. The molecule has 5 rings (SSSR count). The fraction of sp³-hybridized carbons (Fsp3) is 0.542. The number of piperidine rings is 1. The number of aromatic nitrogens is 3. The molecule has 0 spiro atoms. The van der Waals surface area contributed by atoms with Crippen LogP contribution < -0.4 is 10.2 Å². The Kier molecular flexibility index (Phi) is 5.69. The zero-order valence-electron chi connectivity index (χ0n) is 18.4. The molecule has 1 aliphatic heterocycles. The minimum atomic E-state index is 0.249. The van der Waals surface area contributed by atoms with Crippen molar-refractivity contribution in [2.45, 2.75) is 64.8 Å². The summed E-state index contributed by atoms with van der Waals surface area (Å²) in [4.78, 5) is 19.7. The second kappa shape index (κ2) is 8.61. The molecule has 6 nitrogen and oxygen atoms in total. The van der Waals surface area contributed by atoms with Crippen molar-refractivity contribution in [3.8, 4) is 5.69 Å². The van der Waals surface area contributed by atoms with Crippen LogP contribution in [0.25, 0.3) is 16.0 Å². The first-order valence-corrected chi connectivity index (χ1v) is 12.4. The van der Waals surface area contributed by atoms with Gasteiger partial charge < -0.3 is 10.2 Å². The van der Waals surface area contributed by atoms with Gasteiger partial charge in [0.2, 0.25) is 5.91 Å². The van der Waals surface area contributed by atoms with E-state index < -0.39 is 0 Å². The molecule has 1 amide bonds. The van der Waals surface area contributed by atoms with Gasteiger partial charge in [-0.2, -0.15) is 10.1 Å². The molecule has 7 heteroatoms. The SMILES string of the molecule is Cc1cccc(-n2nc(C)c3sc(N4CCC(NC(=O)CC5CCCC5)CC4)nc32)c1. The average molecular weight is 438 g/mol. The Bertz CT molecular complexity index is 1070. The molecule has 0 atom stereocenters. The Morgan fingerprint density at radius 1 is 1.16 bits per heavy atom. The number of fused-ring (bicyclic) bond motifs is 1. The number of carbonyl (C=O) groups excluding carboxylic acids is 1. The molecular formula is C24H31N5OS. The van der Waals surface area contributed by atoms with Crippen LogP contribution in [0.3, 0.4) is 0 Å². The minimum Gasteiger partial charge on any atom is -0.353 e. The first-order valence-electron chi connectivity index (χ1n) is 11.5. The van der Waals surface area contributed by atoms with Gasteiger partial charge in [-0.25, -0.2) is 4.68 Å². The second-order valence-electron chi connectivity index (χ2n) is 9.17. The van der Waals surface area contributed by atoms with Crippen LogP contribution in [0.4, 0.5) is 5.13 Å². The van der Waals surface area contributed by atoms with E-state index >= 15 is 0 Å². The number of nitrogens with zero attached hydrogens (tertiary/aromatic N) is 4. The van der Waals surface area contributed by atoms with Crippen molar-refractivity contribution in [1.82, 2.24) is 20.1 Å². The molecule has 2 fully saturated rings. The molecule has 1 saturated heterocycles. The Labute approximate surface area is 187 Å². The summed E-state index contributed by atoms with van der Waals surface area (Å²) >= 11 is 1.73. The molecule has 0 bridgehead atoms. The van der Waals surface area contributed by atoms with Crippen LogP contribution in [-0.4, -0.2) is 39.8 Å². The summed E-state index contributed by atoms with van der Waals surface area (Å²) in [7, 11) is 0. The van der Waals surface area contributed by atoms with Crippen molar-refractivity contribution in [2.75, 3.05) is 18.0 Å². The van der Waals surface area contributed by atoms with Crippen molar-refractivity contribution in [3.63, 3.8) is 0 Å². The summed E-state index contributed by atoms with van der Waals surface area (Å²) in [5.41, 5.74) is 4.23. The Hall–Kier alpha value is -2.41. The first kappa shape index (κ1) is 20.5. The van der Waals surface area contributed by atoms with Gasteiger partial charge in [-0.3, -0.25) is 4.79 Å². The maximum atomic E-state index is 12.4. The third kappa shape index (κ3) is 4.33. The van der Waals surface area contributed by atoms with E-state index in [9.17, 15) is 4.79 Å². The summed E-state index contributed by atoms with van der Waals surface area (Å²) < 4.78 is 3.12. The highest BCUT2D eigenvalue weighted by Gasteiger charge is 2.26. The lowest BCUT2D eigenvalue weighted by Crippen LogP contribution is -2.45. The number of hydrogen-bond acceptors (Lipinski definition) is 5. The van der Waals surface area contributed by atoms with Gasteiger partial charge >= 0.3 is 0 Å². The molecular weight excluding hydrogens is 406 g/mol. The largest absolute Gasteiger partial charge is 0.353 e. The number of rotatable bonds is 5. The highest BCUT2D eigenvalue weighted by atomic mass is 32.1. The standard InChI is InChI=1S/C24H31N5OS/c1-16-6-5-9-20(14-16)29-23-22(17(2)27-29)31-24(26-23)28-12-10-19(11-13-28)25-21(30)15-18-7-3-4-8-18/h5-6,9,14,18-19H,3-4,7-8,10-13,15H2,1-2H3,(H,25,30). The van der Waals surface area contributed by atoms with Gasteiger partial charge in [0.1, 0.15) is 0 Å². The van der Waals surface area contributed by atoms with E-state index in [1.807, 2.05) is 4.68 Å². The molecule has 3 heterocycles. The zero-order chi connectivity index (χ0) is 21.4. The smallest absolute Gasteiger partial charge is 0.220 e.